The Morgan fingerprint density at radius 2 is 1.94 bits per heavy atom. The van der Waals surface area contributed by atoms with Gasteiger partial charge in [-0.3, -0.25) is 0 Å². The fraction of sp³-hybridized carbons (Fsp3) is 0.455. The Hall–Kier alpha value is -1.05. The molecule has 7 heteroatoms. The lowest BCUT2D eigenvalue weighted by Gasteiger charge is -2.12. The molecule has 102 valence electrons. The number of hydrogen-bond donors (Lipinski definition) is 2. The van der Waals surface area contributed by atoms with Gasteiger partial charge in [0.25, 0.3) is 6.43 Å². The first-order chi connectivity index (χ1) is 8.27. The number of nitrogens with two attached hydrogens (primary N) is 1. The maximum Gasteiger partial charge on any atom is 0.251 e. The molecule has 0 fully saturated rings. The molecule has 3 N–H and O–H groups in total. The average molecular weight is 278 g/mol. The van der Waals surface area contributed by atoms with E-state index in [1.54, 1.807) is 19.9 Å². The molecule has 0 aliphatic rings. The zero-order chi connectivity index (χ0) is 13.9. The van der Waals surface area contributed by atoms with Crippen LogP contribution < -0.4 is 10.5 Å². The molecule has 0 aliphatic carbocycles. The number of halogens is 2. The van der Waals surface area contributed by atoms with E-state index < -0.39 is 23.0 Å². The zero-order valence-electron chi connectivity index (χ0n) is 10.2. The monoisotopic (exact) mass is 278 g/mol. The van der Waals surface area contributed by atoms with Crippen molar-refractivity contribution < 1.29 is 17.2 Å². The Morgan fingerprint density at radius 1 is 1.33 bits per heavy atom. The Balaban J connectivity index is 3.19. The normalized spacial score (nSPS) is 12.1. The van der Waals surface area contributed by atoms with Crippen LogP contribution in [-0.2, 0) is 16.6 Å². The molecule has 0 spiro atoms. The molecular weight excluding hydrogens is 262 g/mol. The van der Waals surface area contributed by atoms with Gasteiger partial charge in [0.1, 0.15) is 0 Å². The van der Waals surface area contributed by atoms with Crippen LogP contribution in [0.3, 0.4) is 0 Å². The Labute approximate surface area is 105 Å². The predicted molar refractivity (Wildman–Crippen MR) is 65.0 cm³/mol. The number of aryl methyl sites for hydroxylation is 1. The lowest BCUT2D eigenvalue weighted by Crippen LogP contribution is -2.29. The summed E-state index contributed by atoms with van der Waals surface area (Å²) < 4.78 is 49.8. The number of benzene rings is 1. The maximum absolute atomic E-state index is 12.1. The SMILES string of the molecule is Cc1cc(CN)cc(S(=O)(=O)NCC(F)F)c1C. The summed E-state index contributed by atoms with van der Waals surface area (Å²) in [6.07, 6.45) is -2.72. The van der Waals surface area contributed by atoms with Gasteiger partial charge in [0.05, 0.1) is 11.4 Å². The first-order valence-electron chi connectivity index (χ1n) is 5.36. The van der Waals surface area contributed by atoms with Crippen LogP contribution >= 0.6 is 0 Å². The van der Waals surface area contributed by atoms with Gasteiger partial charge in [-0.25, -0.2) is 21.9 Å². The van der Waals surface area contributed by atoms with Crippen LogP contribution in [0.2, 0.25) is 0 Å². The van der Waals surface area contributed by atoms with Crippen molar-refractivity contribution in [3.63, 3.8) is 0 Å². The van der Waals surface area contributed by atoms with Crippen molar-refractivity contribution >= 4 is 10.0 Å². The van der Waals surface area contributed by atoms with Gasteiger partial charge in [-0.15, -0.1) is 0 Å². The van der Waals surface area contributed by atoms with Crippen LogP contribution in [-0.4, -0.2) is 21.4 Å². The minimum absolute atomic E-state index is 0.00333. The molecule has 0 bridgehead atoms. The van der Waals surface area contributed by atoms with Gasteiger partial charge in [-0.05, 0) is 36.6 Å². The highest BCUT2D eigenvalue weighted by Gasteiger charge is 2.20. The van der Waals surface area contributed by atoms with Crippen LogP contribution in [0.1, 0.15) is 16.7 Å². The zero-order valence-corrected chi connectivity index (χ0v) is 11.0. The minimum Gasteiger partial charge on any atom is -0.326 e. The van der Waals surface area contributed by atoms with Crippen molar-refractivity contribution in [3.05, 3.63) is 28.8 Å². The molecule has 0 heterocycles. The van der Waals surface area contributed by atoms with Crippen LogP contribution in [0.25, 0.3) is 0 Å². The van der Waals surface area contributed by atoms with Gasteiger partial charge in [0.15, 0.2) is 0 Å². The van der Waals surface area contributed by atoms with Gasteiger partial charge < -0.3 is 5.73 Å². The largest absolute Gasteiger partial charge is 0.326 e. The molecule has 0 saturated carbocycles. The van der Waals surface area contributed by atoms with Gasteiger partial charge in [-0.1, -0.05) is 6.07 Å². The Kier molecular flexibility index (Phi) is 4.78. The molecule has 0 aromatic heterocycles. The van der Waals surface area contributed by atoms with Gasteiger partial charge >= 0.3 is 0 Å². The second-order valence-corrected chi connectivity index (χ2v) is 5.72. The first-order valence-corrected chi connectivity index (χ1v) is 6.84. The third kappa shape index (κ3) is 3.47. The molecule has 1 rings (SSSR count). The van der Waals surface area contributed by atoms with Crippen LogP contribution in [0, 0.1) is 13.8 Å². The summed E-state index contributed by atoms with van der Waals surface area (Å²) in [5, 5.41) is 0. The summed E-state index contributed by atoms with van der Waals surface area (Å²) in [6, 6.07) is 3.19. The molecule has 18 heavy (non-hydrogen) atoms. The van der Waals surface area contributed by atoms with Crippen molar-refractivity contribution in [1.82, 2.24) is 4.72 Å². The number of hydrogen-bond acceptors (Lipinski definition) is 3. The molecule has 1 aromatic rings. The Bertz CT molecular complexity index is 530. The van der Waals surface area contributed by atoms with Crippen molar-refractivity contribution in [3.8, 4) is 0 Å². The fourth-order valence-corrected chi connectivity index (χ4v) is 2.92. The van der Waals surface area contributed by atoms with Crippen molar-refractivity contribution in [2.24, 2.45) is 5.73 Å². The molecule has 0 atom stereocenters. The molecule has 0 saturated heterocycles. The summed E-state index contributed by atoms with van der Waals surface area (Å²) >= 11 is 0. The highest BCUT2D eigenvalue weighted by Crippen LogP contribution is 2.21. The average Bonchev–Trinajstić information content (AvgIpc) is 2.29. The van der Waals surface area contributed by atoms with Crippen LogP contribution in [0.15, 0.2) is 17.0 Å². The standard InChI is InChI=1S/C11H16F2N2O2S/c1-7-3-9(5-14)4-10(8(7)2)18(16,17)15-6-11(12)13/h3-4,11,15H,5-6,14H2,1-2H3. The lowest BCUT2D eigenvalue weighted by atomic mass is 10.1. The smallest absolute Gasteiger partial charge is 0.251 e. The number of alkyl halides is 2. The van der Waals surface area contributed by atoms with E-state index >= 15 is 0 Å². The molecule has 4 nitrogen and oxygen atoms in total. The quantitative estimate of drug-likeness (QED) is 0.853. The maximum atomic E-state index is 12.1. The van der Waals surface area contributed by atoms with E-state index in [0.29, 0.717) is 11.1 Å². The predicted octanol–water partition coefficient (Wildman–Crippen LogP) is 1.31. The molecule has 0 radical (unpaired) electrons. The fourth-order valence-electron chi connectivity index (χ4n) is 1.55. The third-order valence-corrected chi connectivity index (χ3v) is 4.18. The summed E-state index contributed by atoms with van der Waals surface area (Å²) in [5.74, 6) is 0. The summed E-state index contributed by atoms with van der Waals surface area (Å²) in [6.45, 7) is 2.68. The van der Waals surface area contributed by atoms with E-state index in [9.17, 15) is 17.2 Å². The molecule has 0 aliphatic heterocycles. The molecule has 0 amide bonds. The second kappa shape index (κ2) is 5.73. The topological polar surface area (TPSA) is 72.2 Å². The van der Waals surface area contributed by atoms with E-state index in [-0.39, 0.29) is 11.4 Å². The number of nitrogens with one attached hydrogen (secondary N) is 1. The van der Waals surface area contributed by atoms with Crippen molar-refractivity contribution in [2.75, 3.05) is 6.54 Å². The van der Waals surface area contributed by atoms with Gasteiger partial charge in [-0.2, -0.15) is 0 Å². The van der Waals surface area contributed by atoms with Crippen molar-refractivity contribution in [2.45, 2.75) is 31.7 Å². The van der Waals surface area contributed by atoms with Gasteiger partial charge in [0, 0.05) is 6.54 Å². The first kappa shape index (κ1) is 15.0. The van der Waals surface area contributed by atoms with Gasteiger partial charge in [0.2, 0.25) is 10.0 Å². The third-order valence-electron chi connectivity index (χ3n) is 2.63. The summed E-state index contributed by atoms with van der Waals surface area (Å²) in [5.41, 5.74) is 7.41. The van der Waals surface area contributed by atoms with Crippen LogP contribution in [0.4, 0.5) is 8.78 Å². The Morgan fingerprint density at radius 3 is 2.44 bits per heavy atom. The van der Waals surface area contributed by atoms with E-state index in [4.69, 9.17) is 5.73 Å². The van der Waals surface area contributed by atoms with Crippen molar-refractivity contribution in [1.29, 1.82) is 0 Å². The van der Waals surface area contributed by atoms with E-state index in [1.807, 2.05) is 4.72 Å². The van der Waals surface area contributed by atoms with Crippen LogP contribution in [0.5, 0.6) is 0 Å². The summed E-state index contributed by atoms with van der Waals surface area (Å²) in [7, 11) is -3.93. The molecular formula is C11H16F2N2O2S. The summed E-state index contributed by atoms with van der Waals surface area (Å²) in [4.78, 5) is 0.00333. The number of rotatable bonds is 5. The molecule has 1 aromatic carbocycles. The number of sulfonamides is 1. The lowest BCUT2D eigenvalue weighted by molar-refractivity contribution is 0.153. The van der Waals surface area contributed by atoms with E-state index in [0.717, 1.165) is 5.56 Å². The minimum atomic E-state index is -3.93. The van der Waals surface area contributed by atoms with E-state index in [1.165, 1.54) is 6.07 Å². The second-order valence-electron chi connectivity index (χ2n) is 3.98. The molecule has 0 unspecified atom stereocenters. The highest BCUT2D eigenvalue weighted by molar-refractivity contribution is 7.89. The van der Waals surface area contributed by atoms with E-state index in [2.05, 4.69) is 0 Å². The highest BCUT2D eigenvalue weighted by atomic mass is 32.2.